The molecule has 0 aromatic heterocycles. The van der Waals surface area contributed by atoms with Crippen molar-refractivity contribution in [1.29, 1.82) is 0 Å². The van der Waals surface area contributed by atoms with E-state index >= 15 is 0 Å². The maximum atomic E-state index is 12.1. The second kappa shape index (κ2) is 7.51. The predicted octanol–water partition coefficient (Wildman–Crippen LogP) is 3.44. The van der Waals surface area contributed by atoms with E-state index in [1.165, 1.54) is 6.92 Å². The molecule has 0 N–H and O–H groups in total. The molecule has 0 aromatic carbocycles. The van der Waals surface area contributed by atoms with Crippen LogP contribution in [0.1, 0.15) is 33.6 Å². The summed E-state index contributed by atoms with van der Waals surface area (Å²) in [5.74, 6) is -1.24. The highest BCUT2D eigenvalue weighted by atomic mass is 16.7. The predicted molar refractivity (Wildman–Crippen MR) is 89.6 cm³/mol. The number of hydrogen-bond donors (Lipinski definition) is 0. The molecule has 2 aliphatic rings. The Morgan fingerprint density at radius 1 is 1.42 bits per heavy atom. The van der Waals surface area contributed by atoms with Crippen LogP contribution in [0.2, 0.25) is 0 Å². The Bertz CT molecular complexity index is 609. The smallest absolute Gasteiger partial charge is 0.307 e. The summed E-state index contributed by atoms with van der Waals surface area (Å²) in [6.07, 6.45) is 4.82. The zero-order chi connectivity index (χ0) is 17.9. The number of fused-ring (bicyclic) bond motifs is 1. The number of ether oxygens (including phenoxy) is 3. The Morgan fingerprint density at radius 2 is 2.12 bits per heavy atom. The van der Waals surface area contributed by atoms with Crippen molar-refractivity contribution < 1.29 is 23.8 Å². The van der Waals surface area contributed by atoms with Crippen LogP contribution in [0.4, 0.5) is 0 Å². The zero-order valence-electron chi connectivity index (χ0n) is 14.4. The fraction of sp³-hybridized carbons (Fsp3) is 0.474. The molecule has 0 aromatic rings. The minimum Gasteiger partial charge on any atom is -0.462 e. The lowest BCUT2D eigenvalue weighted by atomic mass is 9.74. The van der Waals surface area contributed by atoms with Gasteiger partial charge in [0.15, 0.2) is 0 Å². The summed E-state index contributed by atoms with van der Waals surface area (Å²) in [5, 5.41) is 0. The van der Waals surface area contributed by atoms with Crippen LogP contribution in [0.15, 0.2) is 48.3 Å². The molecule has 130 valence electrons. The fourth-order valence-corrected chi connectivity index (χ4v) is 3.09. The summed E-state index contributed by atoms with van der Waals surface area (Å²) in [6.45, 7) is 13.0. The SMILES string of the molecule is C=CC(=C)[C@@H]1[C@@H](OC(C)=O)OC=C2[C@H](CC=C(C)C)OC(=O)C[C@H]21. The molecule has 5 nitrogen and oxygen atoms in total. The van der Waals surface area contributed by atoms with E-state index in [0.717, 1.165) is 11.1 Å². The Labute approximate surface area is 142 Å². The van der Waals surface area contributed by atoms with E-state index in [9.17, 15) is 9.59 Å². The number of rotatable bonds is 5. The van der Waals surface area contributed by atoms with Crippen molar-refractivity contribution in [2.75, 3.05) is 0 Å². The van der Waals surface area contributed by atoms with Gasteiger partial charge in [0.25, 0.3) is 6.29 Å². The average molecular weight is 332 g/mol. The first kappa shape index (κ1) is 18.0. The molecule has 0 radical (unpaired) electrons. The fourth-order valence-electron chi connectivity index (χ4n) is 3.09. The Morgan fingerprint density at radius 3 is 2.71 bits per heavy atom. The molecule has 2 aliphatic heterocycles. The van der Waals surface area contributed by atoms with Crippen molar-refractivity contribution in [3.8, 4) is 0 Å². The number of cyclic esters (lactones) is 1. The first-order valence-corrected chi connectivity index (χ1v) is 8.00. The topological polar surface area (TPSA) is 61.8 Å². The summed E-state index contributed by atoms with van der Waals surface area (Å²) in [4.78, 5) is 23.4. The van der Waals surface area contributed by atoms with Crippen molar-refractivity contribution in [2.45, 2.75) is 46.0 Å². The molecule has 1 fully saturated rings. The normalized spacial score (nSPS) is 28.5. The molecule has 0 bridgehead atoms. The van der Waals surface area contributed by atoms with Gasteiger partial charge in [-0.15, -0.1) is 0 Å². The highest BCUT2D eigenvalue weighted by Crippen LogP contribution is 2.43. The number of carbonyl (C=O) groups excluding carboxylic acids is 2. The molecule has 0 amide bonds. The van der Waals surface area contributed by atoms with Crippen LogP contribution in [0.3, 0.4) is 0 Å². The maximum absolute atomic E-state index is 12.1. The maximum Gasteiger partial charge on any atom is 0.307 e. The largest absolute Gasteiger partial charge is 0.462 e. The third kappa shape index (κ3) is 3.96. The van der Waals surface area contributed by atoms with Gasteiger partial charge >= 0.3 is 11.9 Å². The lowest BCUT2D eigenvalue weighted by Crippen LogP contribution is -2.44. The van der Waals surface area contributed by atoms with E-state index in [0.29, 0.717) is 12.0 Å². The minimum atomic E-state index is -0.809. The number of hydrogen-bond acceptors (Lipinski definition) is 5. The summed E-state index contributed by atoms with van der Waals surface area (Å²) in [6, 6.07) is 0. The van der Waals surface area contributed by atoms with E-state index in [1.54, 1.807) is 12.3 Å². The van der Waals surface area contributed by atoms with Crippen LogP contribution in [0.5, 0.6) is 0 Å². The van der Waals surface area contributed by atoms with E-state index < -0.39 is 12.3 Å². The van der Waals surface area contributed by atoms with Crippen molar-refractivity contribution in [3.05, 3.63) is 48.3 Å². The van der Waals surface area contributed by atoms with Crippen LogP contribution < -0.4 is 0 Å². The molecule has 1 saturated heterocycles. The highest BCUT2D eigenvalue weighted by Gasteiger charge is 2.46. The molecular weight excluding hydrogens is 308 g/mol. The molecule has 24 heavy (non-hydrogen) atoms. The van der Waals surface area contributed by atoms with Crippen molar-refractivity contribution >= 4 is 11.9 Å². The molecular formula is C19H24O5. The highest BCUT2D eigenvalue weighted by molar-refractivity contribution is 5.72. The van der Waals surface area contributed by atoms with Crippen molar-refractivity contribution in [2.24, 2.45) is 11.8 Å². The van der Waals surface area contributed by atoms with E-state index in [1.807, 2.05) is 19.9 Å². The van der Waals surface area contributed by atoms with Gasteiger partial charge < -0.3 is 14.2 Å². The molecule has 4 atom stereocenters. The van der Waals surface area contributed by atoms with E-state index in [2.05, 4.69) is 13.2 Å². The molecule has 0 saturated carbocycles. The van der Waals surface area contributed by atoms with Crippen LogP contribution in [0.25, 0.3) is 0 Å². The van der Waals surface area contributed by atoms with E-state index in [4.69, 9.17) is 14.2 Å². The van der Waals surface area contributed by atoms with Gasteiger partial charge in [0, 0.05) is 24.8 Å². The Kier molecular flexibility index (Phi) is 5.65. The monoisotopic (exact) mass is 332 g/mol. The van der Waals surface area contributed by atoms with Gasteiger partial charge in [0.2, 0.25) is 0 Å². The first-order valence-electron chi connectivity index (χ1n) is 8.00. The summed E-state index contributed by atoms with van der Waals surface area (Å²) in [7, 11) is 0. The Hall–Kier alpha value is -2.30. The second-order valence-electron chi connectivity index (χ2n) is 6.34. The van der Waals surface area contributed by atoms with Gasteiger partial charge in [-0.2, -0.15) is 0 Å². The Balaban J connectivity index is 2.35. The van der Waals surface area contributed by atoms with Crippen molar-refractivity contribution in [1.82, 2.24) is 0 Å². The third-order valence-electron chi connectivity index (χ3n) is 4.24. The molecule has 0 unspecified atom stereocenters. The number of esters is 2. The standard InChI is InChI=1S/C19H24O5/c1-6-12(4)18-14-9-17(21)24-16(8-7-11(2)3)15(14)10-22-19(18)23-13(5)20/h6-7,10,14,16,18-19H,1,4,8-9H2,2-3,5H3/t14-,16+,18+,19-/m1/s1. The van der Waals surface area contributed by atoms with E-state index in [-0.39, 0.29) is 30.3 Å². The lowest BCUT2D eigenvalue weighted by molar-refractivity contribution is -0.184. The van der Waals surface area contributed by atoms with Gasteiger partial charge in [-0.25, -0.2) is 0 Å². The molecule has 0 spiro atoms. The summed E-state index contributed by atoms with van der Waals surface area (Å²) >= 11 is 0. The molecule has 5 heteroatoms. The van der Waals surface area contributed by atoms with Gasteiger partial charge in [0.1, 0.15) is 6.10 Å². The van der Waals surface area contributed by atoms with Gasteiger partial charge in [0.05, 0.1) is 18.6 Å². The van der Waals surface area contributed by atoms with Crippen molar-refractivity contribution in [3.63, 3.8) is 0 Å². The lowest BCUT2D eigenvalue weighted by Gasteiger charge is -2.42. The van der Waals surface area contributed by atoms with Gasteiger partial charge in [-0.3, -0.25) is 9.59 Å². The van der Waals surface area contributed by atoms with Crippen LogP contribution in [-0.2, 0) is 23.8 Å². The first-order chi connectivity index (χ1) is 11.3. The quantitative estimate of drug-likeness (QED) is 0.438. The van der Waals surface area contributed by atoms with Gasteiger partial charge in [-0.05, 0) is 19.4 Å². The summed E-state index contributed by atoms with van der Waals surface area (Å²) < 4.78 is 16.4. The third-order valence-corrected chi connectivity index (χ3v) is 4.24. The minimum absolute atomic E-state index is 0.176. The van der Waals surface area contributed by atoms with Gasteiger partial charge in [-0.1, -0.05) is 30.9 Å². The zero-order valence-corrected chi connectivity index (χ0v) is 14.4. The number of allylic oxidation sites excluding steroid dienone is 2. The molecule has 0 aliphatic carbocycles. The average Bonchev–Trinajstić information content (AvgIpc) is 2.50. The number of carbonyl (C=O) groups is 2. The molecule has 2 rings (SSSR count). The molecule has 2 heterocycles. The summed E-state index contributed by atoms with van der Waals surface area (Å²) in [5.41, 5.74) is 2.71. The second-order valence-corrected chi connectivity index (χ2v) is 6.34. The van der Waals surface area contributed by atoms with Crippen LogP contribution in [-0.4, -0.2) is 24.3 Å². The van der Waals surface area contributed by atoms with Crippen LogP contribution >= 0.6 is 0 Å². The van der Waals surface area contributed by atoms with Crippen LogP contribution in [0, 0.1) is 11.8 Å².